The van der Waals surface area contributed by atoms with E-state index in [-0.39, 0.29) is 5.69 Å². The molecule has 5 heteroatoms. The normalized spacial score (nSPS) is 12.3. The summed E-state index contributed by atoms with van der Waals surface area (Å²) in [6.07, 6.45) is 0. The Kier molecular flexibility index (Phi) is 3.41. The molecule has 0 unspecified atom stereocenters. The highest BCUT2D eigenvalue weighted by Gasteiger charge is 2.10. The molecule has 1 rings (SSSR count). The summed E-state index contributed by atoms with van der Waals surface area (Å²) >= 11 is 5.46. The number of hydrogen-bond acceptors (Lipinski definition) is 1. The number of halogens is 3. The van der Waals surface area contributed by atoms with Gasteiger partial charge >= 0.3 is 0 Å². The molecule has 1 atom stereocenters. The van der Waals surface area contributed by atoms with Gasteiger partial charge in [0.2, 0.25) is 5.91 Å². The van der Waals surface area contributed by atoms with Gasteiger partial charge in [-0.3, -0.25) is 4.79 Å². The summed E-state index contributed by atoms with van der Waals surface area (Å²) in [5, 5.41) is 1.52. The van der Waals surface area contributed by atoms with Gasteiger partial charge in [-0.1, -0.05) is 0 Å². The second kappa shape index (κ2) is 4.37. The van der Waals surface area contributed by atoms with Crippen molar-refractivity contribution in [3.05, 3.63) is 29.8 Å². The fourth-order valence-corrected chi connectivity index (χ4v) is 0.922. The number of rotatable bonds is 2. The van der Waals surface area contributed by atoms with Gasteiger partial charge in [-0.2, -0.15) is 0 Å². The zero-order valence-corrected chi connectivity index (χ0v) is 8.11. The van der Waals surface area contributed by atoms with Crippen molar-refractivity contribution in [3.8, 4) is 0 Å². The van der Waals surface area contributed by atoms with Crippen molar-refractivity contribution < 1.29 is 13.6 Å². The smallest absolute Gasteiger partial charge is 0.242 e. The number of alkyl halides is 1. The summed E-state index contributed by atoms with van der Waals surface area (Å²) in [7, 11) is 0. The quantitative estimate of drug-likeness (QED) is 0.761. The lowest BCUT2D eigenvalue weighted by Crippen LogP contribution is -2.20. The van der Waals surface area contributed by atoms with Crippen molar-refractivity contribution in [1.29, 1.82) is 0 Å². The molecule has 0 aliphatic carbocycles. The van der Waals surface area contributed by atoms with Crippen LogP contribution in [-0.4, -0.2) is 11.3 Å². The van der Waals surface area contributed by atoms with E-state index in [1.165, 1.54) is 6.92 Å². The lowest BCUT2D eigenvalue weighted by Gasteiger charge is -2.06. The first-order chi connectivity index (χ1) is 6.49. The molecule has 0 fully saturated rings. The second-order valence-corrected chi connectivity index (χ2v) is 3.42. The molecule has 0 saturated carbocycles. The summed E-state index contributed by atoms with van der Waals surface area (Å²) in [4.78, 5) is 11.0. The number of anilines is 1. The van der Waals surface area contributed by atoms with E-state index >= 15 is 0 Å². The predicted octanol–water partition coefficient (Wildman–Crippen LogP) is 2.53. The van der Waals surface area contributed by atoms with Crippen LogP contribution in [0.4, 0.5) is 14.5 Å². The Labute approximate surface area is 84.9 Å². The third kappa shape index (κ3) is 2.96. The molecular formula is C9H8ClF2NO. The Morgan fingerprint density at radius 1 is 1.36 bits per heavy atom. The van der Waals surface area contributed by atoms with Crippen LogP contribution in [0.5, 0.6) is 0 Å². The van der Waals surface area contributed by atoms with Gasteiger partial charge < -0.3 is 5.32 Å². The minimum atomic E-state index is -0.749. The van der Waals surface area contributed by atoms with E-state index in [4.69, 9.17) is 11.6 Å². The maximum absolute atomic E-state index is 12.7. The maximum Gasteiger partial charge on any atom is 0.242 e. The first kappa shape index (κ1) is 10.9. The van der Waals surface area contributed by atoms with Gasteiger partial charge in [-0.05, 0) is 19.1 Å². The molecule has 1 amide bonds. The first-order valence-corrected chi connectivity index (χ1v) is 4.33. The SMILES string of the molecule is C[C@H](Cl)C(=O)Nc1cc(F)cc(F)c1. The second-order valence-electron chi connectivity index (χ2n) is 2.76. The van der Waals surface area contributed by atoms with Gasteiger partial charge in [0, 0.05) is 11.8 Å². The van der Waals surface area contributed by atoms with Crippen molar-refractivity contribution in [3.63, 3.8) is 0 Å². The number of nitrogens with one attached hydrogen (secondary N) is 1. The van der Waals surface area contributed by atoms with Crippen LogP contribution in [0.2, 0.25) is 0 Å². The average Bonchev–Trinajstić information content (AvgIpc) is 2.01. The lowest BCUT2D eigenvalue weighted by molar-refractivity contribution is -0.115. The lowest BCUT2D eigenvalue weighted by atomic mass is 10.3. The van der Waals surface area contributed by atoms with Crippen LogP contribution < -0.4 is 5.32 Å². The summed E-state index contributed by atoms with van der Waals surface area (Å²) in [5.41, 5.74) is 0.0556. The first-order valence-electron chi connectivity index (χ1n) is 3.90. The van der Waals surface area contributed by atoms with Gasteiger partial charge in [0.1, 0.15) is 17.0 Å². The predicted molar refractivity (Wildman–Crippen MR) is 50.3 cm³/mol. The van der Waals surface area contributed by atoms with Gasteiger partial charge in [0.25, 0.3) is 0 Å². The Bertz CT molecular complexity index is 334. The van der Waals surface area contributed by atoms with Crippen molar-refractivity contribution in [2.75, 3.05) is 5.32 Å². The van der Waals surface area contributed by atoms with Gasteiger partial charge in [-0.15, -0.1) is 11.6 Å². The molecule has 1 N–H and O–H groups in total. The summed E-state index contributed by atoms with van der Waals surface area (Å²) in [6, 6.07) is 2.75. The molecule has 0 heterocycles. The molecule has 76 valence electrons. The van der Waals surface area contributed by atoms with E-state index in [1.807, 2.05) is 0 Å². The number of hydrogen-bond donors (Lipinski definition) is 1. The molecule has 0 radical (unpaired) electrons. The maximum atomic E-state index is 12.7. The minimum absolute atomic E-state index is 0.0556. The van der Waals surface area contributed by atoms with E-state index in [0.29, 0.717) is 0 Å². The highest BCUT2D eigenvalue weighted by molar-refractivity contribution is 6.32. The third-order valence-corrected chi connectivity index (χ3v) is 1.69. The van der Waals surface area contributed by atoms with E-state index in [0.717, 1.165) is 18.2 Å². The topological polar surface area (TPSA) is 29.1 Å². The number of amides is 1. The van der Waals surface area contributed by atoms with Crippen LogP contribution in [0.25, 0.3) is 0 Å². The van der Waals surface area contributed by atoms with Gasteiger partial charge in [-0.25, -0.2) is 8.78 Å². The van der Waals surface area contributed by atoms with E-state index < -0.39 is 22.9 Å². The van der Waals surface area contributed by atoms with Crippen LogP contribution >= 0.6 is 11.6 Å². The standard InChI is InChI=1S/C9H8ClF2NO/c1-5(10)9(14)13-8-3-6(11)2-7(12)4-8/h2-5H,1H3,(H,13,14)/t5-/m0/s1. The number of carbonyl (C=O) groups is 1. The van der Waals surface area contributed by atoms with Crippen molar-refractivity contribution in [2.24, 2.45) is 0 Å². The molecule has 0 aromatic heterocycles. The number of benzene rings is 1. The Balaban J connectivity index is 2.82. The Hall–Kier alpha value is -1.16. The molecule has 1 aromatic rings. The van der Waals surface area contributed by atoms with Crippen LogP contribution in [-0.2, 0) is 4.79 Å². The average molecular weight is 220 g/mol. The zero-order chi connectivity index (χ0) is 10.7. The van der Waals surface area contributed by atoms with Crippen molar-refractivity contribution in [1.82, 2.24) is 0 Å². The molecule has 2 nitrogen and oxygen atoms in total. The fourth-order valence-electron chi connectivity index (χ4n) is 0.868. The van der Waals surface area contributed by atoms with Crippen LogP contribution in [0.3, 0.4) is 0 Å². The van der Waals surface area contributed by atoms with E-state index in [2.05, 4.69) is 5.32 Å². The molecule has 0 aliphatic heterocycles. The Morgan fingerprint density at radius 2 is 1.86 bits per heavy atom. The summed E-state index contributed by atoms with van der Waals surface area (Å²) in [6.45, 7) is 1.46. The molecule has 0 spiro atoms. The van der Waals surface area contributed by atoms with Crippen molar-refractivity contribution in [2.45, 2.75) is 12.3 Å². The molecule has 1 aromatic carbocycles. The zero-order valence-electron chi connectivity index (χ0n) is 7.35. The minimum Gasteiger partial charge on any atom is -0.325 e. The van der Waals surface area contributed by atoms with Gasteiger partial charge in [0.15, 0.2) is 0 Å². The highest BCUT2D eigenvalue weighted by atomic mass is 35.5. The molecule has 0 saturated heterocycles. The highest BCUT2D eigenvalue weighted by Crippen LogP contribution is 2.13. The third-order valence-electron chi connectivity index (χ3n) is 1.49. The molecular weight excluding hydrogens is 212 g/mol. The molecule has 0 aliphatic rings. The monoisotopic (exact) mass is 219 g/mol. The Morgan fingerprint density at radius 3 is 2.29 bits per heavy atom. The number of carbonyl (C=O) groups excluding carboxylic acids is 1. The molecule has 14 heavy (non-hydrogen) atoms. The van der Waals surface area contributed by atoms with Crippen molar-refractivity contribution >= 4 is 23.2 Å². The summed E-state index contributed by atoms with van der Waals surface area (Å²) < 4.78 is 25.3. The van der Waals surface area contributed by atoms with Crippen LogP contribution in [0.15, 0.2) is 18.2 Å². The van der Waals surface area contributed by atoms with Crippen LogP contribution in [0, 0.1) is 11.6 Å². The van der Waals surface area contributed by atoms with E-state index in [1.54, 1.807) is 0 Å². The fraction of sp³-hybridized carbons (Fsp3) is 0.222. The van der Waals surface area contributed by atoms with E-state index in [9.17, 15) is 13.6 Å². The molecule has 0 bridgehead atoms. The van der Waals surface area contributed by atoms with Gasteiger partial charge in [0.05, 0.1) is 0 Å². The summed E-state index contributed by atoms with van der Waals surface area (Å²) in [5.74, 6) is -2.00. The van der Waals surface area contributed by atoms with Crippen LogP contribution in [0.1, 0.15) is 6.92 Å². The largest absolute Gasteiger partial charge is 0.325 e.